The summed E-state index contributed by atoms with van der Waals surface area (Å²) >= 11 is 3.35. The van der Waals surface area contributed by atoms with Crippen LogP contribution in [0.5, 0.6) is 5.75 Å². The van der Waals surface area contributed by atoms with E-state index in [4.69, 9.17) is 4.74 Å². The molecule has 0 aromatic heterocycles. The fraction of sp³-hybridized carbons (Fsp3) is 0.400. The van der Waals surface area contributed by atoms with Gasteiger partial charge in [-0.3, -0.25) is 10.1 Å². The Morgan fingerprint density at radius 1 is 1.60 bits per heavy atom. The minimum atomic E-state index is -0.427. The van der Waals surface area contributed by atoms with Crippen LogP contribution in [0.4, 0.5) is 5.69 Å². The number of nitro benzene ring substituents is 1. The zero-order chi connectivity index (χ0) is 11.4. The summed E-state index contributed by atoms with van der Waals surface area (Å²) in [6.07, 6.45) is 0. The quantitative estimate of drug-likeness (QED) is 0.481. The van der Waals surface area contributed by atoms with Crippen molar-refractivity contribution in [1.29, 1.82) is 0 Å². The van der Waals surface area contributed by atoms with Crippen molar-refractivity contribution in [1.82, 2.24) is 0 Å². The maximum atomic E-state index is 10.8. The molecular formula is C10H12BrNO3. The van der Waals surface area contributed by atoms with Crippen molar-refractivity contribution < 1.29 is 9.66 Å². The SMILES string of the molecule is COc1ccc(C(C)CBr)cc1[N+](=O)[O-]. The molecule has 1 unspecified atom stereocenters. The van der Waals surface area contributed by atoms with Gasteiger partial charge < -0.3 is 4.74 Å². The summed E-state index contributed by atoms with van der Waals surface area (Å²) in [5.74, 6) is 0.542. The van der Waals surface area contributed by atoms with E-state index in [9.17, 15) is 10.1 Å². The van der Waals surface area contributed by atoms with Gasteiger partial charge >= 0.3 is 5.69 Å². The molecule has 0 heterocycles. The first-order valence-corrected chi connectivity index (χ1v) is 5.60. The predicted octanol–water partition coefficient (Wildman–Crippen LogP) is 3.10. The average molecular weight is 274 g/mol. The third-order valence-electron chi connectivity index (χ3n) is 2.20. The lowest BCUT2D eigenvalue weighted by Crippen LogP contribution is -1.98. The van der Waals surface area contributed by atoms with Crippen LogP contribution >= 0.6 is 15.9 Å². The Labute approximate surface area is 96.5 Å². The minimum Gasteiger partial charge on any atom is -0.490 e. The minimum absolute atomic E-state index is 0.0165. The van der Waals surface area contributed by atoms with Gasteiger partial charge in [0.2, 0.25) is 0 Å². The van der Waals surface area contributed by atoms with Gasteiger partial charge in [-0.25, -0.2) is 0 Å². The van der Waals surface area contributed by atoms with Gasteiger partial charge in [0.1, 0.15) is 0 Å². The molecule has 0 spiro atoms. The first-order chi connectivity index (χ1) is 7.10. The molecule has 0 amide bonds. The lowest BCUT2D eigenvalue weighted by atomic mass is 10.0. The van der Waals surface area contributed by atoms with Gasteiger partial charge in [0.15, 0.2) is 5.75 Å². The van der Waals surface area contributed by atoms with Crippen LogP contribution in [0.2, 0.25) is 0 Å². The maximum Gasteiger partial charge on any atom is 0.311 e. The first kappa shape index (κ1) is 12.0. The number of nitrogens with zero attached hydrogens (tertiary/aromatic N) is 1. The average Bonchev–Trinajstić information content (AvgIpc) is 2.27. The van der Waals surface area contributed by atoms with Gasteiger partial charge in [-0.05, 0) is 17.5 Å². The number of methoxy groups -OCH3 is 1. The molecule has 0 saturated carbocycles. The van der Waals surface area contributed by atoms with Crippen LogP contribution in [-0.4, -0.2) is 17.4 Å². The van der Waals surface area contributed by atoms with Crippen LogP contribution in [0.1, 0.15) is 18.4 Å². The number of hydrogen-bond acceptors (Lipinski definition) is 3. The summed E-state index contributed by atoms with van der Waals surface area (Å²) in [5.41, 5.74) is 0.946. The Balaban J connectivity index is 3.16. The summed E-state index contributed by atoms with van der Waals surface area (Å²) in [7, 11) is 1.43. The van der Waals surface area contributed by atoms with E-state index in [1.54, 1.807) is 12.1 Å². The van der Waals surface area contributed by atoms with Crippen molar-refractivity contribution in [2.75, 3.05) is 12.4 Å². The number of rotatable bonds is 4. The van der Waals surface area contributed by atoms with E-state index in [0.29, 0.717) is 5.75 Å². The molecule has 0 radical (unpaired) electrons. The molecule has 0 aliphatic heterocycles. The van der Waals surface area contributed by atoms with Gasteiger partial charge in [-0.15, -0.1) is 0 Å². The highest BCUT2D eigenvalue weighted by Crippen LogP contribution is 2.30. The van der Waals surface area contributed by atoms with E-state index < -0.39 is 4.92 Å². The highest BCUT2D eigenvalue weighted by molar-refractivity contribution is 9.09. The van der Waals surface area contributed by atoms with Crippen molar-refractivity contribution in [2.45, 2.75) is 12.8 Å². The Morgan fingerprint density at radius 2 is 2.27 bits per heavy atom. The van der Waals surface area contributed by atoms with Crippen molar-refractivity contribution >= 4 is 21.6 Å². The molecule has 1 rings (SSSR count). The van der Waals surface area contributed by atoms with E-state index in [1.807, 2.05) is 13.0 Å². The Morgan fingerprint density at radius 3 is 2.73 bits per heavy atom. The van der Waals surface area contributed by atoms with Gasteiger partial charge in [0.05, 0.1) is 12.0 Å². The van der Waals surface area contributed by atoms with E-state index in [-0.39, 0.29) is 11.6 Å². The fourth-order valence-electron chi connectivity index (χ4n) is 1.25. The number of benzene rings is 1. The van der Waals surface area contributed by atoms with Crippen molar-refractivity contribution in [3.05, 3.63) is 33.9 Å². The van der Waals surface area contributed by atoms with Crippen LogP contribution in [0.25, 0.3) is 0 Å². The molecule has 0 fully saturated rings. The van der Waals surface area contributed by atoms with Gasteiger partial charge in [-0.2, -0.15) is 0 Å². The maximum absolute atomic E-state index is 10.8. The highest BCUT2D eigenvalue weighted by Gasteiger charge is 2.16. The normalized spacial score (nSPS) is 12.2. The summed E-state index contributed by atoms with van der Waals surface area (Å²) in [6.45, 7) is 2.00. The molecule has 82 valence electrons. The Bertz CT molecular complexity index is 368. The van der Waals surface area contributed by atoms with Crippen LogP contribution < -0.4 is 4.74 Å². The van der Waals surface area contributed by atoms with Gasteiger partial charge in [-0.1, -0.05) is 28.9 Å². The summed E-state index contributed by atoms with van der Waals surface area (Å²) in [6, 6.07) is 5.04. The van der Waals surface area contributed by atoms with E-state index in [2.05, 4.69) is 15.9 Å². The summed E-state index contributed by atoms with van der Waals surface area (Å²) in [5, 5.41) is 11.5. The van der Waals surface area contributed by atoms with Crippen LogP contribution in [-0.2, 0) is 0 Å². The monoisotopic (exact) mass is 273 g/mol. The number of nitro groups is 1. The van der Waals surface area contributed by atoms with Gasteiger partial charge in [0, 0.05) is 11.4 Å². The lowest BCUT2D eigenvalue weighted by Gasteiger charge is -2.09. The van der Waals surface area contributed by atoms with Crippen LogP contribution in [0.15, 0.2) is 18.2 Å². The number of halogens is 1. The molecule has 0 aliphatic rings. The molecule has 0 N–H and O–H groups in total. The summed E-state index contributed by atoms with van der Waals surface area (Å²) in [4.78, 5) is 10.3. The topological polar surface area (TPSA) is 52.4 Å². The highest BCUT2D eigenvalue weighted by atomic mass is 79.9. The molecule has 0 bridgehead atoms. The molecule has 1 atom stereocenters. The molecule has 15 heavy (non-hydrogen) atoms. The molecule has 1 aromatic carbocycles. The third-order valence-corrected chi connectivity index (χ3v) is 3.17. The van der Waals surface area contributed by atoms with Crippen LogP contribution in [0, 0.1) is 10.1 Å². The smallest absolute Gasteiger partial charge is 0.311 e. The zero-order valence-electron chi connectivity index (χ0n) is 8.57. The second-order valence-electron chi connectivity index (χ2n) is 3.24. The number of alkyl halides is 1. The largest absolute Gasteiger partial charge is 0.490 e. The lowest BCUT2D eigenvalue weighted by molar-refractivity contribution is -0.385. The van der Waals surface area contributed by atoms with E-state index in [1.165, 1.54) is 7.11 Å². The zero-order valence-corrected chi connectivity index (χ0v) is 10.2. The summed E-state index contributed by atoms with van der Waals surface area (Å²) < 4.78 is 4.92. The molecule has 4 nitrogen and oxygen atoms in total. The molecule has 5 heteroatoms. The van der Waals surface area contributed by atoms with Crippen molar-refractivity contribution in [3.8, 4) is 5.75 Å². The molecule has 0 saturated heterocycles. The van der Waals surface area contributed by atoms with Crippen molar-refractivity contribution in [2.24, 2.45) is 0 Å². The van der Waals surface area contributed by atoms with Crippen molar-refractivity contribution in [3.63, 3.8) is 0 Å². The third kappa shape index (κ3) is 2.68. The second kappa shape index (κ2) is 5.11. The predicted molar refractivity (Wildman–Crippen MR) is 61.9 cm³/mol. The molecule has 0 aliphatic carbocycles. The first-order valence-electron chi connectivity index (χ1n) is 4.48. The fourth-order valence-corrected chi connectivity index (χ4v) is 1.62. The van der Waals surface area contributed by atoms with Gasteiger partial charge in [0.25, 0.3) is 0 Å². The van der Waals surface area contributed by atoms with E-state index >= 15 is 0 Å². The standard InChI is InChI=1S/C10H12BrNO3/c1-7(6-11)8-3-4-10(15-2)9(5-8)12(13)14/h3-5,7H,6H2,1-2H3. The number of ether oxygens (including phenoxy) is 1. The van der Waals surface area contributed by atoms with Crippen LogP contribution in [0.3, 0.4) is 0 Å². The Hall–Kier alpha value is -1.10. The second-order valence-corrected chi connectivity index (χ2v) is 3.89. The Kier molecular flexibility index (Phi) is 4.08. The number of hydrogen-bond donors (Lipinski definition) is 0. The molecule has 1 aromatic rings. The van der Waals surface area contributed by atoms with E-state index in [0.717, 1.165) is 10.9 Å². The molecular weight excluding hydrogens is 262 g/mol.